The molecule has 1 saturated heterocycles. The molecule has 5 atom stereocenters. The molecule has 0 radical (unpaired) electrons. The first kappa shape index (κ1) is 39.0. The zero-order valence-electron chi connectivity index (χ0n) is 26.5. The minimum Gasteiger partial charge on any atom is -0.463 e. The predicted octanol–water partition coefficient (Wildman–Crippen LogP) is 2.04. The number of carbonyl (C=O) groups excluding carboxylic acids is 6. The molecule has 1 heterocycles. The number of sulfonamides is 1. The Labute approximate surface area is 291 Å². The minimum atomic E-state index is -4.50. The van der Waals surface area contributed by atoms with Crippen LogP contribution in [0, 0.1) is 0 Å². The largest absolute Gasteiger partial charge is 0.463 e. The van der Waals surface area contributed by atoms with E-state index in [4.69, 9.17) is 46.9 Å². The second-order valence-corrected chi connectivity index (χ2v) is 13.1. The highest BCUT2D eigenvalue weighted by atomic mass is 35.5. The van der Waals surface area contributed by atoms with Crippen molar-refractivity contribution in [1.29, 1.82) is 0 Å². The van der Waals surface area contributed by atoms with Crippen LogP contribution in [0.25, 0.3) is 0 Å². The van der Waals surface area contributed by atoms with Crippen molar-refractivity contribution >= 4 is 69.0 Å². The minimum absolute atomic E-state index is 0.197. The van der Waals surface area contributed by atoms with Crippen LogP contribution in [0.1, 0.15) is 43.6 Å². The van der Waals surface area contributed by atoms with E-state index in [9.17, 15) is 37.2 Å². The van der Waals surface area contributed by atoms with Gasteiger partial charge in [-0.25, -0.2) is 17.9 Å². The van der Waals surface area contributed by atoms with E-state index in [2.05, 4.69) is 10.6 Å². The Hall–Kier alpha value is -4.45. The number of hydrogen-bond acceptors (Lipinski definition) is 13. The number of amides is 3. The van der Waals surface area contributed by atoms with Crippen LogP contribution in [0.4, 0.5) is 4.79 Å². The first-order chi connectivity index (χ1) is 22.9. The molecule has 0 bridgehead atoms. The van der Waals surface area contributed by atoms with Crippen molar-refractivity contribution < 1.29 is 60.9 Å². The summed E-state index contributed by atoms with van der Waals surface area (Å²) in [6, 6.07) is 6.84. The topological polar surface area (TPSA) is 219 Å². The van der Waals surface area contributed by atoms with Crippen LogP contribution < -0.4 is 15.4 Å². The first-order valence-electron chi connectivity index (χ1n) is 14.4. The average molecular weight is 747 g/mol. The van der Waals surface area contributed by atoms with Gasteiger partial charge in [-0.05, 0) is 42.3 Å². The molecule has 3 rings (SSSR count). The average Bonchev–Trinajstić information content (AvgIpc) is 2.98. The zero-order valence-corrected chi connectivity index (χ0v) is 28.8. The lowest BCUT2D eigenvalue weighted by Crippen LogP contribution is -2.67. The summed E-state index contributed by atoms with van der Waals surface area (Å²) in [5.74, 6) is -3.83. The van der Waals surface area contributed by atoms with Gasteiger partial charge >= 0.3 is 29.9 Å². The van der Waals surface area contributed by atoms with Gasteiger partial charge in [-0.1, -0.05) is 35.3 Å². The first-order valence-corrected chi connectivity index (χ1v) is 16.7. The molecule has 266 valence electrons. The van der Waals surface area contributed by atoms with E-state index in [0.29, 0.717) is 22.0 Å². The fraction of sp³-hybridized carbons (Fsp3) is 0.400. The van der Waals surface area contributed by atoms with Crippen molar-refractivity contribution in [3.63, 3.8) is 0 Å². The van der Waals surface area contributed by atoms with Crippen LogP contribution in [0.15, 0.2) is 47.4 Å². The van der Waals surface area contributed by atoms with Crippen molar-refractivity contribution in [2.75, 3.05) is 13.2 Å². The molecule has 1 aliphatic heterocycles. The molecule has 0 spiro atoms. The number of urea groups is 1. The number of halogens is 2. The number of benzene rings is 2. The van der Waals surface area contributed by atoms with Gasteiger partial charge in [0.15, 0.2) is 12.2 Å². The zero-order chi connectivity index (χ0) is 36.5. The van der Waals surface area contributed by atoms with Gasteiger partial charge < -0.3 is 34.3 Å². The predicted molar refractivity (Wildman–Crippen MR) is 170 cm³/mol. The van der Waals surface area contributed by atoms with E-state index in [1.165, 1.54) is 42.5 Å². The summed E-state index contributed by atoms with van der Waals surface area (Å²) in [7, 11) is -4.50. The molecule has 0 aliphatic carbocycles. The molecule has 1 aliphatic rings. The Morgan fingerprint density at radius 1 is 0.796 bits per heavy atom. The maximum absolute atomic E-state index is 13.1. The van der Waals surface area contributed by atoms with Gasteiger partial charge in [-0.15, -0.1) is 0 Å². The Balaban J connectivity index is 1.73. The molecule has 3 amide bonds. The lowest BCUT2D eigenvalue weighted by Gasteiger charge is -2.44. The van der Waals surface area contributed by atoms with E-state index in [-0.39, 0.29) is 17.0 Å². The SMILES string of the molecule is CC(=O)OCC1OC(OC(C)=O)C(NC(=O)NS(=O)(=O)c2ccc(CCNC(=O)c3cc(Cl)cc(Cl)c3)cc2)C(OC(C)=O)C1OC(C)=O. The van der Waals surface area contributed by atoms with Crippen LogP contribution in [-0.2, 0) is 59.3 Å². The van der Waals surface area contributed by atoms with Crippen LogP contribution in [0.3, 0.4) is 0 Å². The summed E-state index contributed by atoms with van der Waals surface area (Å²) in [6.07, 6.45) is -5.85. The quantitative estimate of drug-likeness (QED) is 0.210. The summed E-state index contributed by atoms with van der Waals surface area (Å²) in [5.41, 5.74) is 0.922. The highest BCUT2D eigenvalue weighted by Crippen LogP contribution is 2.28. The molecular weight excluding hydrogens is 713 g/mol. The van der Waals surface area contributed by atoms with E-state index in [1.54, 1.807) is 0 Å². The molecule has 2 aromatic rings. The maximum atomic E-state index is 13.1. The summed E-state index contributed by atoms with van der Waals surface area (Å²) in [4.78, 5) is 72.5. The smallest absolute Gasteiger partial charge is 0.329 e. The number of nitrogens with one attached hydrogen (secondary N) is 3. The van der Waals surface area contributed by atoms with Gasteiger partial charge in [0.05, 0.1) is 4.90 Å². The number of esters is 4. The molecule has 0 aromatic heterocycles. The number of carbonyl (C=O) groups is 6. The van der Waals surface area contributed by atoms with Crippen molar-refractivity contribution in [1.82, 2.24) is 15.4 Å². The molecular formula is C30H33Cl2N3O13S. The Kier molecular flexibility index (Phi) is 13.8. The van der Waals surface area contributed by atoms with Crippen molar-refractivity contribution in [3.05, 3.63) is 63.6 Å². The van der Waals surface area contributed by atoms with Gasteiger partial charge in [-0.3, -0.25) is 24.0 Å². The van der Waals surface area contributed by atoms with Crippen LogP contribution in [0.5, 0.6) is 0 Å². The van der Waals surface area contributed by atoms with Crippen molar-refractivity contribution in [2.45, 2.75) is 69.7 Å². The Bertz CT molecular complexity index is 1670. The van der Waals surface area contributed by atoms with E-state index in [0.717, 1.165) is 27.7 Å². The van der Waals surface area contributed by atoms with Gasteiger partial charge in [-0.2, -0.15) is 0 Å². The third kappa shape index (κ3) is 11.9. The van der Waals surface area contributed by atoms with Gasteiger partial charge in [0, 0.05) is 49.8 Å². The number of rotatable bonds is 12. The molecule has 16 nitrogen and oxygen atoms in total. The second kappa shape index (κ2) is 17.3. The fourth-order valence-electron chi connectivity index (χ4n) is 4.62. The summed E-state index contributed by atoms with van der Waals surface area (Å²) < 4.78 is 54.3. The lowest BCUT2D eigenvalue weighted by molar-refractivity contribution is -0.270. The van der Waals surface area contributed by atoms with Crippen LogP contribution in [-0.4, -0.2) is 88.0 Å². The Morgan fingerprint density at radius 3 is 1.92 bits per heavy atom. The third-order valence-electron chi connectivity index (χ3n) is 6.57. The highest BCUT2D eigenvalue weighted by molar-refractivity contribution is 7.90. The molecule has 1 fully saturated rings. The Morgan fingerprint density at radius 2 is 1.37 bits per heavy atom. The van der Waals surface area contributed by atoms with Crippen LogP contribution >= 0.6 is 23.2 Å². The van der Waals surface area contributed by atoms with E-state index < -0.39 is 83.1 Å². The molecule has 0 saturated carbocycles. The summed E-state index contributed by atoms with van der Waals surface area (Å²) >= 11 is 11.9. The van der Waals surface area contributed by atoms with Crippen molar-refractivity contribution in [3.8, 4) is 0 Å². The normalized spacial score (nSPS) is 20.2. The second-order valence-electron chi connectivity index (χ2n) is 10.5. The highest BCUT2D eigenvalue weighted by Gasteiger charge is 2.52. The standard InChI is InChI=1S/C30H33Cl2N3O13S/c1-15(36)44-14-24-26(45-16(2)37)27(46-17(3)38)25(29(48-24)47-18(4)39)34-30(41)35-49(42,43)23-7-5-19(6-8-23)9-10-33-28(40)20-11-21(31)13-22(32)12-20/h5-8,11-13,24-27,29H,9-10,14H2,1-4H3,(H,33,40)(H2,34,35,41). The lowest BCUT2D eigenvalue weighted by atomic mass is 9.96. The van der Waals surface area contributed by atoms with Gasteiger partial charge in [0.2, 0.25) is 6.29 Å². The van der Waals surface area contributed by atoms with E-state index >= 15 is 0 Å². The number of ether oxygens (including phenoxy) is 5. The number of hydrogen-bond donors (Lipinski definition) is 3. The van der Waals surface area contributed by atoms with Gasteiger partial charge in [0.1, 0.15) is 18.8 Å². The third-order valence-corrected chi connectivity index (χ3v) is 8.35. The van der Waals surface area contributed by atoms with Gasteiger partial charge in [0.25, 0.3) is 15.9 Å². The van der Waals surface area contributed by atoms with Crippen LogP contribution in [0.2, 0.25) is 10.0 Å². The summed E-state index contributed by atoms with van der Waals surface area (Å²) in [5, 5.41) is 5.56. The fourth-order valence-corrected chi connectivity index (χ4v) is 6.07. The van der Waals surface area contributed by atoms with Crippen molar-refractivity contribution in [2.24, 2.45) is 0 Å². The monoisotopic (exact) mass is 745 g/mol. The molecule has 49 heavy (non-hydrogen) atoms. The molecule has 3 N–H and O–H groups in total. The molecule has 19 heteroatoms. The van der Waals surface area contributed by atoms with E-state index in [1.807, 2.05) is 4.72 Å². The summed E-state index contributed by atoms with van der Waals surface area (Å²) in [6.45, 7) is 3.82. The maximum Gasteiger partial charge on any atom is 0.329 e. The molecule has 2 aromatic carbocycles. The molecule has 5 unspecified atom stereocenters.